The van der Waals surface area contributed by atoms with Gasteiger partial charge in [0.25, 0.3) is 0 Å². The lowest BCUT2D eigenvalue weighted by molar-refractivity contribution is -0.122. The van der Waals surface area contributed by atoms with Crippen molar-refractivity contribution >= 4 is 21.6 Å². The molecule has 0 unspecified atom stereocenters. The van der Waals surface area contributed by atoms with Gasteiger partial charge in [-0.25, -0.2) is 8.42 Å². The highest BCUT2D eigenvalue weighted by Crippen LogP contribution is 2.21. The van der Waals surface area contributed by atoms with Crippen LogP contribution in [0, 0.1) is 6.92 Å². The van der Waals surface area contributed by atoms with E-state index in [1.807, 2.05) is 26.8 Å². The van der Waals surface area contributed by atoms with Crippen LogP contribution in [0.5, 0.6) is 0 Å². The zero-order valence-corrected chi connectivity index (χ0v) is 13.4. The van der Waals surface area contributed by atoms with E-state index in [-0.39, 0.29) is 11.9 Å². The lowest BCUT2D eigenvalue weighted by atomic mass is 10.2. The predicted molar refractivity (Wildman–Crippen MR) is 81.2 cm³/mol. The number of benzene rings is 1. The summed E-state index contributed by atoms with van der Waals surface area (Å²) in [5.41, 5.74) is 1.44. The highest BCUT2D eigenvalue weighted by Gasteiger charge is 2.29. The van der Waals surface area contributed by atoms with Crippen molar-refractivity contribution in [3.8, 4) is 0 Å². The number of carbonyl (C=O) groups is 1. The molecule has 0 heterocycles. The van der Waals surface area contributed by atoms with E-state index in [9.17, 15) is 13.2 Å². The molecule has 0 aliphatic heterocycles. The Hall–Kier alpha value is -1.56. The fourth-order valence-electron chi connectivity index (χ4n) is 1.98. The van der Waals surface area contributed by atoms with Crippen molar-refractivity contribution in [2.75, 3.05) is 10.6 Å². The van der Waals surface area contributed by atoms with Crippen molar-refractivity contribution < 1.29 is 13.2 Å². The number of hydrogen-bond acceptors (Lipinski definition) is 3. The van der Waals surface area contributed by atoms with Crippen LogP contribution in [-0.4, -0.2) is 32.7 Å². The summed E-state index contributed by atoms with van der Waals surface area (Å²) in [5.74, 6) is -0.313. The van der Waals surface area contributed by atoms with E-state index in [0.717, 1.165) is 16.1 Å². The number of carbonyl (C=O) groups excluding carboxylic acids is 1. The molecule has 0 spiro atoms. The zero-order valence-electron chi connectivity index (χ0n) is 12.5. The third-order valence-corrected chi connectivity index (χ3v) is 4.02. The normalized spacial score (nSPS) is 13.1. The highest BCUT2D eigenvalue weighted by atomic mass is 32.2. The summed E-state index contributed by atoms with van der Waals surface area (Å²) < 4.78 is 25.2. The molecule has 5 nitrogen and oxygen atoms in total. The quantitative estimate of drug-likeness (QED) is 0.899. The summed E-state index contributed by atoms with van der Waals surface area (Å²) in [6.45, 7) is 7.13. The highest BCUT2D eigenvalue weighted by molar-refractivity contribution is 7.92. The number of hydrogen-bond donors (Lipinski definition) is 1. The molecule has 1 rings (SSSR count). The predicted octanol–water partition coefficient (Wildman–Crippen LogP) is 1.67. The molecule has 0 aliphatic rings. The fourth-order valence-corrected chi connectivity index (χ4v) is 3.15. The maximum Gasteiger partial charge on any atom is 0.243 e. The Morgan fingerprint density at radius 1 is 1.25 bits per heavy atom. The van der Waals surface area contributed by atoms with Gasteiger partial charge in [-0.1, -0.05) is 12.1 Å². The molecule has 0 radical (unpaired) electrons. The minimum absolute atomic E-state index is 0.0381. The minimum Gasteiger partial charge on any atom is -0.352 e. The number of sulfonamides is 1. The van der Waals surface area contributed by atoms with Gasteiger partial charge in [-0.3, -0.25) is 9.10 Å². The molecule has 112 valence electrons. The Morgan fingerprint density at radius 2 is 1.85 bits per heavy atom. The largest absolute Gasteiger partial charge is 0.352 e. The van der Waals surface area contributed by atoms with Crippen molar-refractivity contribution in [1.29, 1.82) is 0 Å². The Kier molecular flexibility index (Phi) is 5.16. The monoisotopic (exact) mass is 298 g/mol. The standard InChI is InChI=1S/C14H22N2O3S/c1-10(2)15-14(17)12(4)16(20(5,18)19)13-8-6-7-11(3)9-13/h6-10,12H,1-5H3,(H,15,17)/t12-/m0/s1. The van der Waals surface area contributed by atoms with E-state index in [0.29, 0.717) is 5.69 Å². The zero-order chi connectivity index (χ0) is 15.5. The molecule has 1 amide bonds. The van der Waals surface area contributed by atoms with Crippen LogP contribution in [0.2, 0.25) is 0 Å². The molecule has 0 saturated heterocycles. The number of nitrogens with zero attached hydrogens (tertiary/aromatic N) is 1. The second-order valence-corrected chi connectivity index (χ2v) is 7.10. The van der Waals surface area contributed by atoms with Gasteiger partial charge >= 0.3 is 0 Å². The van der Waals surface area contributed by atoms with Gasteiger partial charge in [0.05, 0.1) is 11.9 Å². The molecule has 1 aromatic carbocycles. The molecule has 6 heteroatoms. The Morgan fingerprint density at radius 3 is 2.30 bits per heavy atom. The van der Waals surface area contributed by atoms with Crippen molar-refractivity contribution in [3.05, 3.63) is 29.8 Å². The average molecular weight is 298 g/mol. The summed E-state index contributed by atoms with van der Waals surface area (Å²) in [6, 6.07) is 6.25. The smallest absolute Gasteiger partial charge is 0.243 e. The first-order chi connectivity index (χ1) is 9.12. The molecule has 1 N–H and O–H groups in total. The fraction of sp³-hybridized carbons (Fsp3) is 0.500. The molecular weight excluding hydrogens is 276 g/mol. The molecule has 1 atom stereocenters. The first-order valence-corrected chi connectivity index (χ1v) is 8.34. The molecular formula is C14H22N2O3S. The summed E-state index contributed by atoms with van der Waals surface area (Å²) in [4.78, 5) is 12.1. The topological polar surface area (TPSA) is 66.5 Å². The van der Waals surface area contributed by atoms with Crippen LogP contribution in [0.4, 0.5) is 5.69 Å². The van der Waals surface area contributed by atoms with Gasteiger partial charge in [0.1, 0.15) is 6.04 Å². The van der Waals surface area contributed by atoms with E-state index in [2.05, 4.69) is 5.32 Å². The number of rotatable bonds is 5. The molecule has 0 fully saturated rings. The van der Waals surface area contributed by atoms with Crippen LogP contribution in [0.1, 0.15) is 26.3 Å². The summed E-state index contributed by atoms with van der Waals surface area (Å²) in [5, 5.41) is 2.73. The van der Waals surface area contributed by atoms with E-state index in [1.54, 1.807) is 25.1 Å². The number of amides is 1. The van der Waals surface area contributed by atoms with Crippen LogP contribution in [-0.2, 0) is 14.8 Å². The molecule has 20 heavy (non-hydrogen) atoms. The van der Waals surface area contributed by atoms with Crippen LogP contribution in [0.25, 0.3) is 0 Å². The molecule has 0 aliphatic carbocycles. The van der Waals surface area contributed by atoms with Gasteiger partial charge in [0, 0.05) is 6.04 Å². The van der Waals surface area contributed by atoms with Crippen molar-refractivity contribution in [2.45, 2.75) is 39.8 Å². The maximum absolute atomic E-state index is 12.1. The lowest BCUT2D eigenvalue weighted by Gasteiger charge is -2.29. The summed E-state index contributed by atoms with van der Waals surface area (Å²) in [7, 11) is -3.54. The van der Waals surface area contributed by atoms with Crippen LogP contribution >= 0.6 is 0 Å². The van der Waals surface area contributed by atoms with Gasteiger partial charge in [0.15, 0.2) is 0 Å². The first kappa shape index (κ1) is 16.5. The summed E-state index contributed by atoms with van der Waals surface area (Å²) >= 11 is 0. The Balaban J connectivity index is 3.18. The molecule has 0 aromatic heterocycles. The van der Waals surface area contributed by atoms with Gasteiger partial charge in [-0.2, -0.15) is 0 Å². The SMILES string of the molecule is Cc1cccc(N([C@@H](C)C(=O)NC(C)C)S(C)(=O)=O)c1. The van der Waals surface area contributed by atoms with E-state index in [4.69, 9.17) is 0 Å². The third kappa shape index (κ3) is 4.23. The second kappa shape index (κ2) is 6.26. The van der Waals surface area contributed by atoms with Gasteiger partial charge < -0.3 is 5.32 Å². The van der Waals surface area contributed by atoms with Crippen molar-refractivity contribution in [1.82, 2.24) is 5.32 Å². The van der Waals surface area contributed by atoms with Crippen LogP contribution in [0.15, 0.2) is 24.3 Å². The van der Waals surface area contributed by atoms with Gasteiger partial charge in [0.2, 0.25) is 15.9 Å². The number of aryl methyl sites for hydroxylation is 1. The van der Waals surface area contributed by atoms with Crippen LogP contribution in [0.3, 0.4) is 0 Å². The van der Waals surface area contributed by atoms with Gasteiger partial charge in [-0.05, 0) is 45.4 Å². The van der Waals surface area contributed by atoms with Crippen LogP contribution < -0.4 is 9.62 Å². The Labute approximate surface area is 121 Å². The molecule has 1 aromatic rings. The van der Waals surface area contributed by atoms with Crippen molar-refractivity contribution in [3.63, 3.8) is 0 Å². The number of anilines is 1. The molecule has 0 bridgehead atoms. The Bertz CT molecular complexity index is 582. The maximum atomic E-state index is 12.1. The van der Waals surface area contributed by atoms with Crippen molar-refractivity contribution in [2.24, 2.45) is 0 Å². The average Bonchev–Trinajstić information content (AvgIpc) is 2.26. The second-order valence-electron chi connectivity index (χ2n) is 5.24. The van der Waals surface area contributed by atoms with Gasteiger partial charge in [-0.15, -0.1) is 0 Å². The minimum atomic E-state index is -3.54. The van der Waals surface area contributed by atoms with E-state index in [1.165, 1.54) is 0 Å². The van der Waals surface area contributed by atoms with E-state index >= 15 is 0 Å². The van der Waals surface area contributed by atoms with E-state index < -0.39 is 16.1 Å². The first-order valence-electron chi connectivity index (χ1n) is 6.49. The lowest BCUT2D eigenvalue weighted by Crippen LogP contribution is -2.49. The molecule has 0 saturated carbocycles. The summed E-state index contributed by atoms with van der Waals surface area (Å²) in [6.07, 6.45) is 1.11. The number of nitrogens with one attached hydrogen (secondary N) is 1. The third-order valence-electron chi connectivity index (χ3n) is 2.78.